The molecule has 0 atom stereocenters. The van der Waals surface area contributed by atoms with E-state index in [9.17, 15) is 0 Å². The Morgan fingerprint density at radius 2 is 0.742 bits per heavy atom. The van der Waals surface area contributed by atoms with Crippen LogP contribution < -0.4 is 4.90 Å². The molecule has 0 bridgehead atoms. The fourth-order valence-corrected chi connectivity index (χ4v) is 10.5. The Kier molecular flexibility index (Phi) is 9.58. The minimum Gasteiger partial charge on any atom is -0.310 e. The second kappa shape index (κ2) is 16.1. The number of rotatable bonds is 8. The second-order valence-electron chi connectivity index (χ2n) is 18.1. The monoisotopic (exact) mass is 841 g/mol. The molecule has 312 valence electrons. The molecule has 11 aromatic carbocycles. The van der Waals surface area contributed by atoms with Crippen LogP contribution in [0.5, 0.6) is 0 Å². The molecule has 0 aliphatic heterocycles. The van der Waals surface area contributed by atoms with E-state index in [-0.39, 0.29) is 5.41 Å². The van der Waals surface area contributed by atoms with Gasteiger partial charge in [-0.25, -0.2) is 0 Å². The molecule has 0 saturated heterocycles. The van der Waals surface area contributed by atoms with Gasteiger partial charge in [-0.05, 0) is 142 Å². The van der Waals surface area contributed by atoms with E-state index < -0.39 is 0 Å². The van der Waals surface area contributed by atoms with E-state index in [2.05, 4.69) is 267 Å². The van der Waals surface area contributed by atoms with Crippen molar-refractivity contribution in [2.45, 2.75) is 19.3 Å². The van der Waals surface area contributed by atoms with Gasteiger partial charge in [0.05, 0.1) is 5.69 Å². The van der Waals surface area contributed by atoms with Crippen LogP contribution in [0.3, 0.4) is 0 Å². The van der Waals surface area contributed by atoms with Gasteiger partial charge in [0, 0.05) is 22.4 Å². The number of nitrogens with zero attached hydrogens (tertiary/aromatic N) is 1. The van der Waals surface area contributed by atoms with Gasteiger partial charge in [0.1, 0.15) is 0 Å². The number of hydrogen-bond acceptors (Lipinski definition) is 1. The number of anilines is 3. The highest BCUT2D eigenvalue weighted by Gasteiger charge is 2.36. The van der Waals surface area contributed by atoms with Crippen molar-refractivity contribution in [3.8, 4) is 66.8 Å². The van der Waals surface area contributed by atoms with Gasteiger partial charge in [0.25, 0.3) is 0 Å². The zero-order valence-corrected chi connectivity index (χ0v) is 37.1. The molecule has 0 N–H and O–H groups in total. The lowest BCUT2D eigenvalue weighted by atomic mass is 9.81. The number of benzene rings is 11. The van der Waals surface area contributed by atoms with Gasteiger partial charge in [0.15, 0.2) is 0 Å². The SMILES string of the molecule is CC1(C)c2cc(-c3cc4ccccc4c4ccccc34)ccc2-c2ccc(N(c3ccc(-c4ccc(-c5ccccc5)cc4)cc3)c3ccccc3-c3cccc(-c4ccccc4)c3)cc21. The van der Waals surface area contributed by atoms with E-state index >= 15 is 0 Å². The van der Waals surface area contributed by atoms with Gasteiger partial charge in [-0.1, -0.05) is 214 Å². The molecular formula is C65H47N. The molecule has 1 aliphatic carbocycles. The average molecular weight is 842 g/mol. The molecular weight excluding hydrogens is 795 g/mol. The lowest BCUT2D eigenvalue weighted by Gasteiger charge is -2.30. The van der Waals surface area contributed by atoms with E-state index in [0.29, 0.717) is 0 Å². The molecule has 1 aliphatic rings. The fourth-order valence-electron chi connectivity index (χ4n) is 10.5. The molecule has 1 heteroatoms. The van der Waals surface area contributed by atoms with Crippen LogP contribution in [0.4, 0.5) is 17.1 Å². The van der Waals surface area contributed by atoms with E-state index in [4.69, 9.17) is 0 Å². The molecule has 0 saturated carbocycles. The van der Waals surface area contributed by atoms with Crippen molar-refractivity contribution < 1.29 is 0 Å². The van der Waals surface area contributed by atoms with Crippen molar-refractivity contribution in [2.75, 3.05) is 4.90 Å². The summed E-state index contributed by atoms with van der Waals surface area (Å²) >= 11 is 0. The van der Waals surface area contributed by atoms with Crippen molar-refractivity contribution >= 4 is 38.6 Å². The van der Waals surface area contributed by atoms with E-state index in [0.717, 1.165) is 17.1 Å². The molecule has 0 aromatic heterocycles. The second-order valence-corrected chi connectivity index (χ2v) is 18.1. The predicted molar refractivity (Wildman–Crippen MR) is 281 cm³/mol. The highest BCUT2D eigenvalue weighted by molar-refractivity contribution is 6.14. The zero-order chi connectivity index (χ0) is 44.2. The van der Waals surface area contributed by atoms with Crippen LogP contribution in [-0.4, -0.2) is 0 Å². The summed E-state index contributed by atoms with van der Waals surface area (Å²) in [7, 11) is 0. The summed E-state index contributed by atoms with van der Waals surface area (Å²) in [6, 6.07) is 91.4. The molecule has 0 radical (unpaired) electrons. The Labute approximate surface area is 387 Å². The first-order valence-corrected chi connectivity index (χ1v) is 23.0. The lowest BCUT2D eigenvalue weighted by Crippen LogP contribution is -2.17. The molecule has 0 amide bonds. The molecule has 11 aromatic rings. The Morgan fingerprint density at radius 1 is 0.273 bits per heavy atom. The highest BCUT2D eigenvalue weighted by atomic mass is 15.1. The van der Waals surface area contributed by atoms with Crippen LogP contribution in [0.1, 0.15) is 25.0 Å². The summed E-state index contributed by atoms with van der Waals surface area (Å²) in [6.45, 7) is 4.80. The smallest absolute Gasteiger partial charge is 0.0540 e. The third-order valence-corrected chi connectivity index (χ3v) is 13.9. The molecule has 66 heavy (non-hydrogen) atoms. The first kappa shape index (κ1) is 39.3. The molecule has 0 unspecified atom stereocenters. The van der Waals surface area contributed by atoms with Gasteiger partial charge >= 0.3 is 0 Å². The van der Waals surface area contributed by atoms with Crippen molar-refractivity contribution in [3.05, 3.63) is 260 Å². The first-order valence-electron chi connectivity index (χ1n) is 23.0. The van der Waals surface area contributed by atoms with Crippen molar-refractivity contribution in [2.24, 2.45) is 0 Å². The standard InChI is InChI=1S/C65H47N/c1-65(2)62-42-52(61-41-51-20-9-10-23-55(51)57-25-11-12-26-58(57)61)34-38-59(62)60-39-37-54(43-63(60)65)66(53-35-32-48(33-36-53)47-30-28-46(29-31-47)44-16-5-3-6-17-44)64-27-14-13-24-56(64)50-22-15-21-49(40-50)45-18-7-4-8-19-45/h3-43H,1-2H3. The Morgan fingerprint density at radius 3 is 1.45 bits per heavy atom. The maximum absolute atomic E-state index is 2.46. The molecule has 12 rings (SSSR count). The maximum Gasteiger partial charge on any atom is 0.0540 e. The quantitative estimate of drug-likeness (QED) is 0.138. The summed E-state index contributed by atoms with van der Waals surface area (Å²) in [6.07, 6.45) is 0. The van der Waals surface area contributed by atoms with Crippen molar-refractivity contribution in [1.29, 1.82) is 0 Å². The average Bonchev–Trinajstić information content (AvgIpc) is 3.61. The van der Waals surface area contributed by atoms with Crippen LogP contribution in [0.15, 0.2) is 249 Å². The van der Waals surface area contributed by atoms with Crippen LogP contribution in [0.25, 0.3) is 88.3 Å². The van der Waals surface area contributed by atoms with Gasteiger partial charge in [-0.3, -0.25) is 0 Å². The summed E-state index contributed by atoms with van der Waals surface area (Å²) in [5.74, 6) is 0. The molecule has 1 nitrogen and oxygen atoms in total. The van der Waals surface area contributed by atoms with E-state index in [1.54, 1.807) is 0 Å². The third-order valence-electron chi connectivity index (χ3n) is 13.9. The minimum absolute atomic E-state index is 0.242. The summed E-state index contributed by atoms with van der Waals surface area (Å²) in [4.78, 5) is 2.46. The lowest BCUT2D eigenvalue weighted by molar-refractivity contribution is 0.660. The van der Waals surface area contributed by atoms with Gasteiger partial charge < -0.3 is 4.90 Å². The normalized spacial score (nSPS) is 12.5. The zero-order valence-electron chi connectivity index (χ0n) is 37.1. The molecule has 0 heterocycles. The molecule has 0 fully saturated rings. The summed E-state index contributed by atoms with van der Waals surface area (Å²) < 4.78 is 0. The van der Waals surface area contributed by atoms with E-state index in [1.807, 2.05) is 0 Å². The maximum atomic E-state index is 2.46. The summed E-state index contributed by atoms with van der Waals surface area (Å²) in [5, 5.41) is 5.13. The number of hydrogen-bond donors (Lipinski definition) is 0. The highest BCUT2D eigenvalue weighted by Crippen LogP contribution is 2.53. The van der Waals surface area contributed by atoms with Crippen LogP contribution in [0, 0.1) is 0 Å². The predicted octanol–water partition coefficient (Wildman–Crippen LogP) is 18.1. The van der Waals surface area contributed by atoms with Crippen molar-refractivity contribution in [1.82, 2.24) is 0 Å². The first-order chi connectivity index (χ1) is 32.5. The minimum atomic E-state index is -0.242. The largest absolute Gasteiger partial charge is 0.310 e. The third kappa shape index (κ3) is 6.80. The van der Waals surface area contributed by atoms with Gasteiger partial charge in [0.2, 0.25) is 0 Å². The van der Waals surface area contributed by atoms with Crippen LogP contribution in [0.2, 0.25) is 0 Å². The number of para-hydroxylation sites is 1. The number of fused-ring (bicyclic) bond motifs is 6. The van der Waals surface area contributed by atoms with Gasteiger partial charge in [-0.2, -0.15) is 0 Å². The van der Waals surface area contributed by atoms with E-state index in [1.165, 1.54) is 99.4 Å². The Bertz CT molecular complexity index is 3580. The Balaban J connectivity index is 0.969. The van der Waals surface area contributed by atoms with Crippen LogP contribution >= 0.6 is 0 Å². The molecule has 0 spiro atoms. The Hall–Kier alpha value is -8.26. The van der Waals surface area contributed by atoms with Crippen molar-refractivity contribution in [3.63, 3.8) is 0 Å². The fraction of sp³-hybridized carbons (Fsp3) is 0.0462. The van der Waals surface area contributed by atoms with Gasteiger partial charge in [-0.15, -0.1) is 0 Å². The topological polar surface area (TPSA) is 3.24 Å². The summed E-state index contributed by atoms with van der Waals surface area (Å²) in [5.41, 5.74) is 20.5. The van der Waals surface area contributed by atoms with Crippen LogP contribution in [-0.2, 0) is 5.41 Å².